The Hall–Kier alpha value is -1.75. The molecule has 108 valence electrons. The lowest BCUT2D eigenvalue weighted by Crippen LogP contribution is -2.27. The van der Waals surface area contributed by atoms with E-state index in [1.54, 1.807) is 0 Å². The maximum atomic E-state index is 5.52. The Kier molecular flexibility index (Phi) is 4.84. The molecule has 1 N–H and O–H groups in total. The van der Waals surface area contributed by atoms with Crippen LogP contribution in [-0.2, 0) is 13.0 Å². The molecule has 0 amide bonds. The zero-order valence-corrected chi connectivity index (χ0v) is 12.6. The van der Waals surface area contributed by atoms with Gasteiger partial charge in [0.25, 0.3) is 0 Å². The fourth-order valence-electron chi connectivity index (χ4n) is 2.17. The molecule has 0 aliphatic carbocycles. The molecule has 0 saturated heterocycles. The third-order valence-electron chi connectivity index (χ3n) is 3.30. The van der Waals surface area contributed by atoms with Crippen molar-refractivity contribution in [2.75, 3.05) is 0 Å². The minimum Gasteiger partial charge on any atom is -0.424 e. The van der Waals surface area contributed by atoms with Crippen molar-refractivity contribution in [3.63, 3.8) is 0 Å². The molecule has 0 fully saturated rings. The lowest BCUT2D eigenvalue weighted by Gasteiger charge is -2.22. The van der Waals surface area contributed by atoms with Crippen molar-refractivity contribution in [3.8, 4) is 0 Å². The second kappa shape index (κ2) is 6.61. The molecule has 0 aliphatic rings. The van der Waals surface area contributed by atoms with E-state index >= 15 is 0 Å². The lowest BCUT2D eigenvalue weighted by molar-refractivity contribution is 0.364. The van der Waals surface area contributed by atoms with Crippen molar-refractivity contribution in [1.82, 2.24) is 20.5 Å². The van der Waals surface area contributed by atoms with Crippen LogP contribution in [0.3, 0.4) is 0 Å². The van der Waals surface area contributed by atoms with E-state index in [4.69, 9.17) is 4.42 Å². The summed E-state index contributed by atoms with van der Waals surface area (Å²) in [5.74, 6) is 1.73. The van der Waals surface area contributed by atoms with Crippen LogP contribution in [0.4, 0.5) is 0 Å². The number of aryl methyl sites for hydroxylation is 2. The molecule has 2 rings (SSSR count). The first-order valence-electron chi connectivity index (χ1n) is 7.08. The molecule has 0 aromatic carbocycles. The van der Waals surface area contributed by atoms with E-state index in [1.807, 2.05) is 19.2 Å². The van der Waals surface area contributed by atoms with Crippen LogP contribution in [-0.4, -0.2) is 15.2 Å². The summed E-state index contributed by atoms with van der Waals surface area (Å²) in [5.41, 5.74) is 2.27. The van der Waals surface area contributed by atoms with Crippen molar-refractivity contribution in [2.24, 2.45) is 5.92 Å². The van der Waals surface area contributed by atoms with Gasteiger partial charge < -0.3 is 4.42 Å². The molecule has 0 radical (unpaired) electrons. The van der Waals surface area contributed by atoms with Gasteiger partial charge in [0, 0.05) is 12.6 Å². The minimum absolute atomic E-state index is 0.174. The van der Waals surface area contributed by atoms with Gasteiger partial charge in [-0.15, -0.1) is 10.2 Å². The summed E-state index contributed by atoms with van der Waals surface area (Å²) < 4.78 is 5.52. The van der Waals surface area contributed by atoms with Gasteiger partial charge in [-0.25, -0.2) is 0 Å². The van der Waals surface area contributed by atoms with E-state index in [0.29, 0.717) is 24.2 Å². The van der Waals surface area contributed by atoms with Crippen LogP contribution in [0.1, 0.15) is 49.9 Å². The molecule has 2 aromatic rings. The number of hydrogen-bond donors (Lipinski definition) is 1. The Balaban J connectivity index is 2.08. The zero-order chi connectivity index (χ0) is 14.5. The van der Waals surface area contributed by atoms with E-state index in [9.17, 15) is 0 Å². The molecule has 0 spiro atoms. The minimum atomic E-state index is 0.174. The van der Waals surface area contributed by atoms with Gasteiger partial charge in [0.2, 0.25) is 11.8 Å². The van der Waals surface area contributed by atoms with Gasteiger partial charge in [-0.1, -0.05) is 26.8 Å². The summed E-state index contributed by atoms with van der Waals surface area (Å²) in [6, 6.07) is 4.22. The molecular formula is C15H22N4O. The summed E-state index contributed by atoms with van der Waals surface area (Å²) in [7, 11) is 0. The first-order chi connectivity index (χ1) is 9.61. The highest BCUT2D eigenvalue weighted by molar-refractivity contribution is 5.21. The highest BCUT2D eigenvalue weighted by Gasteiger charge is 2.19. The molecule has 2 aromatic heterocycles. The summed E-state index contributed by atoms with van der Waals surface area (Å²) in [6.45, 7) is 9.00. The van der Waals surface area contributed by atoms with Crippen molar-refractivity contribution in [2.45, 2.75) is 46.7 Å². The SMILES string of the molecule is CCc1nnc(CN[C@@H](c2ncccc2C)C(C)C)o1. The van der Waals surface area contributed by atoms with E-state index < -0.39 is 0 Å². The first kappa shape index (κ1) is 14.7. The Morgan fingerprint density at radius 1 is 1.25 bits per heavy atom. The number of hydrogen-bond acceptors (Lipinski definition) is 5. The number of nitrogens with one attached hydrogen (secondary N) is 1. The van der Waals surface area contributed by atoms with Gasteiger partial charge in [-0.2, -0.15) is 0 Å². The maximum absolute atomic E-state index is 5.52. The Bertz CT molecular complexity index is 550. The smallest absolute Gasteiger partial charge is 0.230 e. The summed E-state index contributed by atoms with van der Waals surface area (Å²) in [4.78, 5) is 4.50. The fourth-order valence-corrected chi connectivity index (χ4v) is 2.17. The molecule has 1 atom stereocenters. The maximum Gasteiger partial charge on any atom is 0.230 e. The molecule has 0 aliphatic heterocycles. The first-order valence-corrected chi connectivity index (χ1v) is 7.08. The van der Waals surface area contributed by atoms with Crippen LogP contribution >= 0.6 is 0 Å². The molecule has 2 heterocycles. The summed E-state index contributed by atoms with van der Waals surface area (Å²) in [6.07, 6.45) is 2.60. The summed E-state index contributed by atoms with van der Waals surface area (Å²) >= 11 is 0. The highest BCUT2D eigenvalue weighted by atomic mass is 16.4. The average Bonchev–Trinajstić information content (AvgIpc) is 2.88. The van der Waals surface area contributed by atoms with E-state index in [2.05, 4.69) is 47.3 Å². The number of aromatic nitrogens is 3. The normalized spacial score (nSPS) is 12.8. The van der Waals surface area contributed by atoms with E-state index in [1.165, 1.54) is 5.56 Å². The fraction of sp³-hybridized carbons (Fsp3) is 0.533. The molecule has 0 saturated carbocycles. The second-order valence-corrected chi connectivity index (χ2v) is 5.25. The summed E-state index contributed by atoms with van der Waals surface area (Å²) in [5, 5.41) is 11.5. The van der Waals surface area contributed by atoms with Gasteiger partial charge in [0.15, 0.2) is 0 Å². The third kappa shape index (κ3) is 3.42. The van der Waals surface area contributed by atoms with Crippen LogP contribution in [0, 0.1) is 12.8 Å². The largest absolute Gasteiger partial charge is 0.424 e. The molecule has 5 heteroatoms. The van der Waals surface area contributed by atoms with Crippen molar-refractivity contribution < 1.29 is 4.42 Å². The van der Waals surface area contributed by atoms with E-state index in [-0.39, 0.29) is 6.04 Å². The molecule has 0 bridgehead atoms. The molecular weight excluding hydrogens is 252 g/mol. The predicted molar refractivity (Wildman–Crippen MR) is 77.1 cm³/mol. The van der Waals surface area contributed by atoms with E-state index in [0.717, 1.165) is 12.1 Å². The quantitative estimate of drug-likeness (QED) is 0.877. The van der Waals surface area contributed by atoms with Gasteiger partial charge in [-0.3, -0.25) is 10.3 Å². The number of rotatable bonds is 6. The van der Waals surface area contributed by atoms with Gasteiger partial charge in [0.05, 0.1) is 18.3 Å². The average molecular weight is 274 g/mol. The van der Waals surface area contributed by atoms with Crippen LogP contribution in [0.15, 0.2) is 22.7 Å². The lowest BCUT2D eigenvalue weighted by atomic mass is 9.97. The number of pyridine rings is 1. The number of nitrogens with zero attached hydrogens (tertiary/aromatic N) is 3. The highest BCUT2D eigenvalue weighted by Crippen LogP contribution is 2.22. The van der Waals surface area contributed by atoms with Gasteiger partial charge >= 0.3 is 0 Å². The third-order valence-corrected chi connectivity index (χ3v) is 3.30. The molecule has 0 unspecified atom stereocenters. The van der Waals surface area contributed by atoms with Crippen LogP contribution in [0.5, 0.6) is 0 Å². The van der Waals surface area contributed by atoms with Crippen molar-refractivity contribution in [3.05, 3.63) is 41.4 Å². The molecule has 5 nitrogen and oxygen atoms in total. The van der Waals surface area contributed by atoms with Crippen LogP contribution in [0.25, 0.3) is 0 Å². The van der Waals surface area contributed by atoms with Crippen LogP contribution < -0.4 is 5.32 Å². The topological polar surface area (TPSA) is 63.8 Å². The predicted octanol–water partition coefficient (Wildman–Crippen LogP) is 2.82. The van der Waals surface area contributed by atoms with Crippen LogP contribution in [0.2, 0.25) is 0 Å². The van der Waals surface area contributed by atoms with Gasteiger partial charge in [0.1, 0.15) is 0 Å². The molecule has 20 heavy (non-hydrogen) atoms. The standard InChI is InChI=1S/C15H22N4O/c1-5-12-18-19-13(20-12)9-17-14(10(2)3)15-11(4)7-6-8-16-15/h6-8,10,14,17H,5,9H2,1-4H3/t14-/m1/s1. The monoisotopic (exact) mass is 274 g/mol. The second-order valence-electron chi connectivity index (χ2n) is 5.25. The van der Waals surface area contributed by atoms with Crippen molar-refractivity contribution in [1.29, 1.82) is 0 Å². The van der Waals surface area contributed by atoms with Crippen molar-refractivity contribution >= 4 is 0 Å². The Labute approximate surface area is 119 Å². The van der Waals surface area contributed by atoms with Gasteiger partial charge in [-0.05, 0) is 24.5 Å². The Morgan fingerprint density at radius 2 is 2.00 bits per heavy atom. The zero-order valence-electron chi connectivity index (χ0n) is 12.6. The Morgan fingerprint density at radius 3 is 2.60 bits per heavy atom.